The van der Waals surface area contributed by atoms with Gasteiger partial charge in [0.2, 0.25) is 5.91 Å². The maximum atomic E-state index is 12.2. The second kappa shape index (κ2) is 11.0. The van der Waals surface area contributed by atoms with Crippen LogP contribution in [0.4, 0.5) is 5.69 Å². The van der Waals surface area contributed by atoms with Gasteiger partial charge >= 0.3 is 5.97 Å². The average Bonchev–Trinajstić information content (AvgIpc) is 2.72. The number of hydrogen-bond donors (Lipinski definition) is 2. The minimum absolute atomic E-state index is 0.0551. The summed E-state index contributed by atoms with van der Waals surface area (Å²) < 4.78 is 5.09. The van der Waals surface area contributed by atoms with Crippen LogP contribution in [0.15, 0.2) is 54.6 Å². The third-order valence-electron chi connectivity index (χ3n) is 4.69. The highest BCUT2D eigenvalue weighted by Gasteiger charge is 2.18. The molecular weight excluding hydrogens is 368 g/mol. The van der Waals surface area contributed by atoms with E-state index in [9.17, 15) is 14.4 Å². The number of esters is 1. The molecule has 0 aliphatic carbocycles. The fourth-order valence-electron chi connectivity index (χ4n) is 2.88. The fourth-order valence-corrected chi connectivity index (χ4v) is 2.88. The number of benzene rings is 2. The molecule has 2 aromatic rings. The van der Waals surface area contributed by atoms with E-state index >= 15 is 0 Å². The van der Waals surface area contributed by atoms with Crippen molar-refractivity contribution in [3.8, 4) is 0 Å². The minimum atomic E-state index is -0.560. The number of nitrogens with one attached hydrogen (secondary N) is 2. The van der Waals surface area contributed by atoms with E-state index in [0.29, 0.717) is 11.6 Å². The lowest BCUT2D eigenvalue weighted by Gasteiger charge is -2.17. The molecule has 0 fully saturated rings. The maximum Gasteiger partial charge on any atom is 0.308 e. The molecule has 0 heterocycles. The lowest BCUT2D eigenvalue weighted by molar-refractivity contribution is -0.148. The minimum Gasteiger partial charge on any atom is -0.455 e. The van der Waals surface area contributed by atoms with Gasteiger partial charge in [0.25, 0.3) is 5.91 Å². The first kappa shape index (κ1) is 22.1. The Bertz CT molecular complexity index is 819. The molecule has 2 atom stereocenters. The molecular formula is C23H28N2O4. The van der Waals surface area contributed by atoms with Gasteiger partial charge in [0, 0.05) is 12.6 Å². The van der Waals surface area contributed by atoms with E-state index in [1.165, 1.54) is 12.5 Å². The van der Waals surface area contributed by atoms with Gasteiger partial charge in [-0.2, -0.15) is 0 Å². The van der Waals surface area contributed by atoms with Crippen LogP contribution in [-0.2, 0) is 19.1 Å². The molecule has 0 saturated carbocycles. The van der Waals surface area contributed by atoms with Crippen LogP contribution in [0.3, 0.4) is 0 Å². The van der Waals surface area contributed by atoms with E-state index in [0.717, 1.165) is 12.0 Å². The highest BCUT2D eigenvalue weighted by molar-refractivity contribution is 5.92. The van der Waals surface area contributed by atoms with Gasteiger partial charge in [-0.3, -0.25) is 14.4 Å². The molecule has 29 heavy (non-hydrogen) atoms. The highest BCUT2D eigenvalue weighted by Crippen LogP contribution is 2.20. The molecule has 2 aromatic carbocycles. The lowest BCUT2D eigenvalue weighted by atomic mass is 9.99. The zero-order valence-corrected chi connectivity index (χ0v) is 17.1. The Hall–Kier alpha value is -3.15. The van der Waals surface area contributed by atoms with Crippen LogP contribution < -0.4 is 10.6 Å². The first-order valence-electron chi connectivity index (χ1n) is 9.76. The predicted octanol–water partition coefficient (Wildman–Crippen LogP) is 3.95. The standard InChI is InChI=1S/C23H28N2O4/c1-4-16(2)18-10-12-20(13-11-18)25-22(27)15-29-23(28)14-21(24-17(3)26)19-8-6-5-7-9-19/h5-13,16,21H,4,14-15H2,1-3H3,(H,24,26)(H,25,27)/t16-,21+/m0/s1. The van der Waals surface area contributed by atoms with Crippen molar-refractivity contribution in [2.75, 3.05) is 11.9 Å². The Morgan fingerprint density at radius 3 is 2.21 bits per heavy atom. The largest absolute Gasteiger partial charge is 0.455 e. The molecule has 2 N–H and O–H groups in total. The number of hydrogen-bond acceptors (Lipinski definition) is 4. The average molecular weight is 396 g/mol. The summed E-state index contributed by atoms with van der Waals surface area (Å²) in [6.45, 7) is 5.29. The first-order valence-corrected chi connectivity index (χ1v) is 9.76. The number of rotatable bonds is 9. The smallest absolute Gasteiger partial charge is 0.308 e. The SMILES string of the molecule is CC[C@H](C)c1ccc(NC(=O)COC(=O)C[C@@H](NC(C)=O)c2ccccc2)cc1. The molecule has 0 aliphatic rings. The number of ether oxygens (including phenoxy) is 1. The van der Waals surface area contributed by atoms with Gasteiger partial charge in [0.15, 0.2) is 6.61 Å². The molecule has 0 radical (unpaired) electrons. The summed E-state index contributed by atoms with van der Waals surface area (Å²) >= 11 is 0. The third-order valence-corrected chi connectivity index (χ3v) is 4.69. The van der Waals surface area contributed by atoms with Crippen molar-refractivity contribution >= 4 is 23.5 Å². The zero-order valence-electron chi connectivity index (χ0n) is 17.1. The van der Waals surface area contributed by atoms with E-state index in [1.807, 2.05) is 54.6 Å². The van der Waals surface area contributed by atoms with Crippen LogP contribution >= 0.6 is 0 Å². The summed E-state index contributed by atoms with van der Waals surface area (Å²) in [6.07, 6.45) is 0.991. The molecule has 0 bridgehead atoms. The van der Waals surface area contributed by atoms with Gasteiger partial charge in [-0.05, 0) is 35.6 Å². The summed E-state index contributed by atoms with van der Waals surface area (Å²) in [6, 6.07) is 16.3. The molecule has 154 valence electrons. The summed E-state index contributed by atoms with van der Waals surface area (Å²) in [5, 5.41) is 5.45. The van der Waals surface area contributed by atoms with Crippen molar-refractivity contribution < 1.29 is 19.1 Å². The van der Waals surface area contributed by atoms with Gasteiger partial charge in [0.1, 0.15) is 0 Å². The Kier molecular flexibility index (Phi) is 8.40. The van der Waals surface area contributed by atoms with Crippen LogP contribution in [0, 0.1) is 0 Å². The molecule has 6 heteroatoms. The van der Waals surface area contributed by atoms with Crippen LogP contribution in [-0.4, -0.2) is 24.4 Å². The van der Waals surface area contributed by atoms with Crippen LogP contribution in [0.5, 0.6) is 0 Å². The summed E-state index contributed by atoms with van der Waals surface area (Å²) in [4.78, 5) is 35.7. The fraction of sp³-hybridized carbons (Fsp3) is 0.348. The van der Waals surface area contributed by atoms with Crippen LogP contribution in [0.2, 0.25) is 0 Å². The van der Waals surface area contributed by atoms with Crippen LogP contribution in [0.25, 0.3) is 0 Å². The Morgan fingerprint density at radius 2 is 1.62 bits per heavy atom. The van der Waals surface area contributed by atoms with E-state index in [4.69, 9.17) is 4.74 Å². The molecule has 2 rings (SSSR count). The highest BCUT2D eigenvalue weighted by atomic mass is 16.5. The van der Waals surface area contributed by atoms with Crippen molar-refractivity contribution in [2.24, 2.45) is 0 Å². The third kappa shape index (κ3) is 7.41. The normalized spacial score (nSPS) is 12.5. The van der Waals surface area contributed by atoms with Crippen molar-refractivity contribution in [1.82, 2.24) is 5.32 Å². The number of anilines is 1. The monoisotopic (exact) mass is 396 g/mol. The van der Waals surface area contributed by atoms with Crippen molar-refractivity contribution in [2.45, 2.75) is 45.6 Å². The first-order chi connectivity index (χ1) is 13.9. The Labute approximate surface area is 171 Å². The summed E-state index contributed by atoms with van der Waals surface area (Å²) in [5.74, 6) is -0.757. The zero-order chi connectivity index (χ0) is 21.2. The molecule has 0 spiro atoms. The van der Waals surface area contributed by atoms with Crippen molar-refractivity contribution in [3.05, 3.63) is 65.7 Å². The molecule has 0 aliphatic heterocycles. The summed E-state index contributed by atoms with van der Waals surface area (Å²) in [5.41, 5.74) is 2.66. The lowest BCUT2D eigenvalue weighted by Crippen LogP contribution is -2.29. The van der Waals surface area contributed by atoms with E-state index in [2.05, 4.69) is 24.5 Å². The quantitative estimate of drug-likeness (QED) is 0.629. The molecule has 0 aromatic heterocycles. The van der Waals surface area contributed by atoms with Gasteiger partial charge in [-0.15, -0.1) is 0 Å². The molecule has 6 nitrogen and oxygen atoms in total. The summed E-state index contributed by atoms with van der Waals surface area (Å²) in [7, 11) is 0. The Morgan fingerprint density at radius 1 is 0.966 bits per heavy atom. The van der Waals surface area contributed by atoms with Crippen molar-refractivity contribution in [1.29, 1.82) is 0 Å². The molecule has 0 saturated heterocycles. The van der Waals surface area contributed by atoms with E-state index in [1.54, 1.807) is 0 Å². The topological polar surface area (TPSA) is 84.5 Å². The van der Waals surface area contributed by atoms with Gasteiger partial charge < -0.3 is 15.4 Å². The maximum absolute atomic E-state index is 12.2. The number of amides is 2. The number of carbonyl (C=O) groups is 3. The molecule has 0 unspecified atom stereocenters. The van der Waals surface area contributed by atoms with E-state index in [-0.39, 0.29) is 18.9 Å². The van der Waals surface area contributed by atoms with Crippen LogP contribution in [0.1, 0.15) is 56.7 Å². The van der Waals surface area contributed by atoms with Gasteiger partial charge in [0.05, 0.1) is 12.5 Å². The van der Waals surface area contributed by atoms with E-state index < -0.39 is 17.9 Å². The Balaban J connectivity index is 1.85. The van der Waals surface area contributed by atoms with Gasteiger partial charge in [-0.25, -0.2) is 0 Å². The van der Waals surface area contributed by atoms with Gasteiger partial charge in [-0.1, -0.05) is 56.3 Å². The molecule has 2 amide bonds. The second-order valence-electron chi connectivity index (χ2n) is 7.01. The van der Waals surface area contributed by atoms with Crippen molar-refractivity contribution in [3.63, 3.8) is 0 Å². The predicted molar refractivity (Wildman–Crippen MR) is 112 cm³/mol. The second-order valence-corrected chi connectivity index (χ2v) is 7.01. The number of carbonyl (C=O) groups excluding carboxylic acids is 3.